The van der Waals surface area contributed by atoms with Gasteiger partial charge in [0.25, 0.3) is 11.8 Å². The van der Waals surface area contributed by atoms with Crippen LogP contribution in [-0.4, -0.2) is 21.5 Å². The molecule has 2 amide bonds. The van der Waals surface area contributed by atoms with Crippen LogP contribution >= 0.6 is 46.4 Å². The number of rotatable bonds is 4. The zero-order valence-corrected chi connectivity index (χ0v) is 11.8. The Balaban J connectivity index is 2.63. The van der Waals surface area contributed by atoms with Gasteiger partial charge in [-0.05, 0) is 24.3 Å². The Kier molecular flexibility index (Phi) is 6.02. The molecule has 0 saturated heterocycles. The number of nitrogens with one attached hydrogen (secondary N) is 2. The highest BCUT2D eigenvalue weighted by Gasteiger charge is 2.12. The molecular weight excluding hydrogens is 322 g/mol. The molecule has 18 heavy (non-hydrogen) atoms. The number of anilines is 2. The predicted molar refractivity (Wildman–Crippen MR) is 74.7 cm³/mol. The van der Waals surface area contributed by atoms with E-state index in [9.17, 15) is 9.59 Å². The SMILES string of the molecule is O=C(Nc1ccc(NC(=O)C(Cl)Cl)cc1)C(Cl)Cl. The molecule has 0 aliphatic rings. The minimum atomic E-state index is -1.14. The number of amides is 2. The second kappa shape index (κ2) is 7.04. The van der Waals surface area contributed by atoms with E-state index in [-0.39, 0.29) is 0 Å². The largest absolute Gasteiger partial charge is 0.324 e. The van der Waals surface area contributed by atoms with Crippen molar-refractivity contribution < 1.29 is 9.59 Å². The number of carbonyl (C=O) groups is 2. The molecule has 0 saturated carbocycles. The van der Waals surface area contributed by atoms with Crippen molar-refractivity contribution in [3.8, 4) is 0 Å². The van der Waals surface area contributed by atoms with Gasteiger partial charge < -0.3 is 10.6 Å². The zero-order chi connectivity index (χ0) is 13.7. The van der Waals surface area contributed by atoms with Crippen molar-refractivity contribution >= 4 is 69.6 Å². The summed E-state index contributed by atoms with van der Waals surface area (Å²) in [4.78, 5) is 20.1. The predicted octanol–water partition coefficient (Wildman–Crippen LogP) is 3.17. The van der Waals surface area contributed by atoms with Gasteiger partial charge >= 0.3 is 0 Å². The van der Waals surface area contributed by atoms with Crippen molar-refractivity contribution in [1.82, 2.24) is 0 Å². The maximum absolute atomic E-state index is 11.2. The number of halogens is 4. The molecule has 1 aromatic carbocycles. The first-order chi connectivity index (χ1) is 8.40. The Labute approximate surface area is 124 Å². The third-order valence-electron chi connectivity index (χ3n) is 1.82. The van der Waals surface area contributed by atoms with Gasteiger partial charge in [0.2, 0.25) is 0 Å². The molecule has 1 aromatic rings. The molecule has 0 aliphatic carbocycles. The molecule has 0 aromatic heterocycles. The third kappa shape index (κ3) is 4.90. The van der Waals surface area contributed by atoms with E-state index < -0.39 is 21.5 Å². The Morgan fingerprint density at radius 1 is 0.778 bits per heavy atom. The fourth-order valence-corrected chi connectivity index (χ4v) is 1.25. The number of hydrogen-bond donors (Lipinski definition) is 2. The molecule has 0 radical (unpaired) electrons. The molecule has 4 nitrogen and oxygen atoms in total. The van der Waals surface area contributed by atoms with Crippen LogP contribution in [-0.2, 0) is 9.59 Å². The van der Waals surface area contributed by atoms with E-state index in [0.717, 1.165) is 0 Å². The van der Waals surface area contributed by atoms with E-state index in [1.165, 1.54) is 0 Å². The van der Waals surface area contributed by atoms with Gasteiger partial charge in [0.1, 0.15) is 0 Å². The van der Waals surface area contributed by atoms with Crippen LogP contribution in [0.25, 0.3) is 0 Å². The first kappa shape index (κ1) is 15.4. The number of alkyl halides is 4. The van der Waals surface area contributed by atoms with E-state index >= 15 is 0 Å². The van der Waals surface area contributed by atoms with Gasteiger partial charge in [0.15, 0.2) is 9.67 Å². The van der Waals surface area contributed by atoms with Crippen molar-refractivity contribution in [2.24, 2.45) is 0 Å². The molecule has 98 valence electrons. The highest BCUT2D eigenvalue weighted by molar-refractivity contribution is 6.55. The van der Waals surface area contributed by atoms with Crippen molar-refractivity contribution in [3.05, 3.63) is 24.3 Å². The normalized spacial score (nSPS) is 10.6. The topological polar surface area (TPSA) is 58.2 Å². The average molecular weight is 330 g/mol. The summed E-state index contributed by atoms with van der Waals surface area (Å²) < 4.78 is 0. The second-order valence-electron chi connectivity index (χ2n) is 3.16. The molecule has 8 heteroatoms. The molecule has 0 unspecified atom stereocenters. The molecule has 0 heterocycles. The van der Waals surface area contributed by atoms with Gasteiger partial charge in [-0.25, -0.2) is 0 Å². The van der Waals surface area contributed by atoms with Crippen LogP contribution in [0, 0.1) is 0 Å². The van der Waals surface area contributed by atoms with Gasteiger partial charge in [-0.15, -0.1) is 0 Å². The van der Waals surface area contributed by atoms with Crippen LogP contribution < -0.4 is 10.6 Å². The standard InChI is InChI=1S/C10H8Cl4N2O2/c11-7(12)9(17)15-5-1-2-6(4-3-5)16-10(18)8(13)14/h1-4,7-8H,(H,15,17)(H,16,18). The summed E-state index contributed by atoms with van der Waals surface area (Å²) in [5.74, 6) is -1.06. The molecule has 2 N–H and O–H groups in total. The molecule has 0 atom stereocenters. The highest BCUT2D eigenvalue weighted by atomic mass is 35.5. The van der Waals surface area contributed by atoms with E-state index in [1.807, 2.05) is 0 Å². The Morgan fingerprint density at radius 2 is 1.06 bits per heavy atom. The average Bonchev–Trinajstić information content (AvgIpc) is 2.31. The van der Waals surface area contributed by atoms with Crippen LogP contribution in [0.3, 0.4) is 0 Å². The first-order valence-corrected chi connectivity index (χ1v) is 6.43. The number of benzene rings is 1. The van der Waals surface area contributed by atoms with E-state index in [1.54, 1.807) is 24.3 Å². The smallest absolute Gasteiger partial charge is 0.257 e. The number of carbonyl (C=O) groups excluding carboxylic acids is 2. The van der Waals surface area contributed by atoms with E-state index in [0.29, 0.717) is 11.4 Å². The summed E-state index contributed by atoms with van der Waals surface area (Å²) in [6.07, 6.45) is 0. The molecule has 0 bridgehead atoms. The summed E-state index contributed by atoms with van der Waals surface area (Å²) in [6.45, 7) is 0. The maximum Gasteiger partial charge on any atom is 0.257 e. The van der Waals surface area contributed by atoms with Crippen molar-refractivity contribution in [2.45, 2.75) is 9.67 Å². The van der Waals surface area contributed by atoms with Crippen LogP contribution in [0.2, 0.25) is 0 Å². The molecule has 0 spiro atoms. The molecular formula is C10H8Cl4N2O2. The monoisotopic (exact) mass is 328 g/mol. The minimum Gasteiger partial charge on any atom is -0.324 e. The van der Waals surface area contributed by atoms with E-state index in [2.05, 4.69) is 10.6 Å². The van der Waals surface area contributed by atoms with Gasteiger partial charge in [0, 0.05) is 11.4 Å². The van der Waals surface area contributed by atoms with Gasteiger partial charge in [-0.1, -0.05) is 46.4 Å². The summed E-state index contributed by atoms with van der Waals surface area (Å²) in [5.41, 5.74) is 0.996. The number of hydrogen-bond acceptors (Lipinski definition) is 2. The van der Waals surface area contributed by atoms with E-state index in [4.69, 9.17) is 46.4 Å². The lowest BCUT2D eigenvalue weighted by molar-refractivity contribution is -0.115. The maximum atomic E-state index is 11.2. The highest BCUT2D eigenvalue weighted by Crippen LogP contribution is 2.16. The Hall–Kier alpha value is -0.680. The van der Waals surface area contributed by atoms with Crippen molar-refractivity contribution in [2.75, 3.05) is 10.6 Å². The van der Waals surface area contributed by atoms with Crippen LogP contribution in [0.15, 0.2) is 24.3 Å². The Bertz CT molecular complexity index is 393. The fourth-order valence-electron chi connectivity index (χ4n) is 1.03. The molecule has 0 fully saturated rings. The zero-order valence-electron chi connectivity index (χ0n) is 8.79. The second-order valence-corrected chi connectivity index (χ2v) is 5.35. The lowest BCUT2D eigenvalue weighted by atomic mass is 10.2. The van der Waals surface area contributed by atoms with Gasteiger partial charge in [-0.2, -0.15) is 0 Å². The van der Waals surface area contributed by atoms with Crippen LogP contribution in [0.5, 0.6) is 0 Å². The first-order valence-electron chi connectivity index (χ1n) is 4.68. The summed E-state index contributed by atoms with van der Waals surface area (Å²) >= 11 is 21.5. The summed E-state index contributed by atoms with van der Waals surface area (Å²) in [5, 5.41) is 4.95. The van der Waals surface area contributed by atoms with Gasteiger partial charge in [-0.3, -0.25) is 9.59 Å². The molecule has 1 rings (SSSR count). The van der Waals surface area contributed by atoms with Crippen molar-refractivity contribution in [1.29, 1.82) is 0 Å². The Morgan fingerprint density at radius 3 is 1.28 bits per heavy atom. The molecule has 0 aliphatic heterocycles. The lowest BCUT2D eigenvalue weighted by Crippen LogP contribution is -2.19. The van der Waals surface area contributed by atoms with Crippen LogP contribution in [0.4, 0.5) is 11.4 Å². The van der Waals surface area contributed by atoms with Crippen molar-refractivity contribution in [3.63, 3.8) is 0 Å². The van der Waals surface area contributed by atoms with Gasteiger partial charge in [0.05, 0.1) is 0 Å². The lowest BCUT2D eigenvalue weighted by Gasteiger charge is -2.08. The minimum absolute atomic E-state index is 0.498. The third-order valence-corrected chi connectivity index (χ3v) is 2.61. The quantitative estimate of drug-likeness (QED) is 0.833. The van der Waals surface area contributed by atoms with Crippen LogP contribution in [0.1, 0.15) is 0 Å². The summed E-state index contributed by atoms with van der Waals surface area (Å²) in [7, 11) is 0. The fraction of sp³-hybridized carbons (Fsp3) is 0.200. The summed E-state index contributed by atoms with van der Waals surface area (Å²) in [6, 6.07) is 6.28.